The molecule has 0 spiro atoms. The Morgan fingerprint density at radius 1 is 0.733 bits per heavy atom. The Bertz CT molecular complexity index is 1390. The van der Waals surface area contributed by atoms with Crippen LogP contribution in [0.4, 0.5) is 0 Å². The minimum absolute atomic E-state index is 0.0798. The summed E-state index contributed by atoms with van der Waals surface area (Å²) in [5.41, 5.74) is 5.07. The van der Waals surface area contributed by atoms with E-state index in [2.05, 4.69) is 44.2 Å². The highest BCUT2D eigenvalue weighted by atomic mass is 32.1. The molecule has 0 saturated carbocycles. The van der Waals surface area contributed by atoms with Gasteiger partial charge >= 0.3 is 0 Å². The van der Waals surface area contributed by atoms with Crippen LogP contribution in [-0.4, -0.2) is 11.6 Å². The number of rotatable bonds is 1. The lowest BCUT2D eigenvalue weighted by atomic mass is 9.83. The Labute approximate surface area is 178 Å². The van der Waals surface area contributed by atoms with Gasteiger partial charge in [-0.25, -0.2) is 0 Å². The van der Waals surface area contributed by atoms with Crippen molar-refractivity contribution >= 4 is 39.8 Å². The molecule has 2 aliphatic rings. The molecule has 30 heavy (non-hydrogen) atoms. The van der Waals surface area contributed by atoms with E-state index in [1.807, 2.05) is 36.4 Å². The first-order valence-corrected chi connectivity index (χ1v) is 10.8. The van der Waals surface area contributed by atoms with E-state index < -0.39 is 0 Å². The molecule has 6 rings (SSSR count). The molecule has 1 heterocycles. The molecule has 2 nitrogen and oxygen atoms in total. The molecular formula is C27H18O2S. The molecule has 0 N–H and O–H groups in total. The summed E-state index contributed by atoms with van der Waals surface area (Å²) in [7, 11) is 0. The molecule has 0 aliphatic heterocycles. The van der Waals surface area contributed by atoms with E-state index >= 15 is 0 Å². The molecule has 4 aromatic rings. The van der Waals surface area contributed by atoms with Crippen molar-refractivity contribution in [2.75, 3.05) is 0 Å². The first-order valence-electron chi connectivity index (χ1n) is 10.0. The van der Waals surface area contributed by atoms with Crippen molar-refractivity contribution in [1.82, 2.24) is 0 Å². The van der Waals surface area contributed by atoms with Gasteiger partial charge in [0, 0.05) is 26.3 Å². The van der Waals surface area contributed by atoms with E-state index in [1.54, 1.807) is 17.4 Å². The Balaban J connectivity index is 1.47. The number of ketones is 2. The van der Waals surface area contributed by atoms with Gasteiger partial charge in [0.2, 0.25) is 0 Å². The molecule has 0 bridgehead atoms. The van der Waals surface area contributed by atoms with E-state index in [1.165, 1.54) is 21.6 Å². The Morgan fingerprint density at radius 2 is 1.33 bits per heavy atom. The molecule has 0 unspecified atom stereocenters. The minimum atomic E-state index is -0.172. The molecule has 0 atom stereocenters. The second-order valence-electron chi connectivity index (χ2n) is 8.52. The fourth-order valence-corrected chi connectivity index (χ4v) is 6.10. The molecular weight excluding hydrogens is 388 g/mol. The van der Waals surface area contributed by atoms with Crippen LogP contribution in [0.1, 0.15) is 50.6 Å². The number of carbonyl (C=O) groups excluding carboxylic acids is 2. The predicted octanol–water partition coefficient (Wildman–Crippen LogP) is 6.67. The van der Waals surface area contributed by atoms with Crippen molar-refractivity contribution in [3.8, 4) is 10.4 Å². The van der Waals surface area contributed by atoms with Gasteiger partial charge in [-0.05, 0) is 51.7 Å². The third kappa shape index (κ3) is 2.24. The molecule has 0 saturated heterocycles. The number of hydrogen-bond acceptors (Lipinski definition) is 3. The predicted molar refractivity (Wildman–Crippen MR) is 122 cm³/mol. The smallest absolute Gasteiger partial charge is 0.197 e. The van der Waals surface area contributed by atoms with E-state index in [4.69, 9.17) is 0 Å². The summed E-state index contributed by atoms with van der Waals surface area (Å²) >= 11 is 1.66. The molecule has 2 aliphatic carbocycles. The second kappa shape index (κ2) is 5.87. The van der Waals surface area contributed by atoms with E-state index in [9.17, 15) is 9.59 Å². The lowest BCUT2D eigenvalue weighted by molar-refractivity contribution is 0.0990. The normalized spacial score (nSPS) is 16.0. The molecule has 144 valence electrons. The van der Waals surface area contributed by atoms with Gasteiger partial charge in [-0.1, -0.05) is 62.4 Å². The standard InChI is InChI=1S/C27H18O2S/c1-27(2)22-10-6-5-9-18(22)26-23(27)14-17(30-26)13-21-24(28)19-11-15-7-3-4-8-16(15)12-20(19)25(21)29/h3-14H,1-2H3. The third-order valence-electron chi connectivity index (χ3n) is 6.42. The highest BCUT2D eigenvalue weighted by molar-refractivity contribution is 7.16. The maximum Gasteiger partial charge on any atom is 0.197 e. The zero-order valence-corrected chi connectivity index (χ0v) is 17.5. The molecule has 1 aromatic heterocycles. The summed E-state index contributed by atoms with van der Waals surface area (Å²) in [5, 5.41) is 1.96. The zero-order chi connectivity index (χ0) is 20.6. The number of carbonyl (C=O) groups is 2. The van der Waals surface area contributed by atoms with Crippen molar-refractivity contribution < 1.29 is 9.59 Å². The first-order chi connectivity index (χ1) is 14.4. The fraction of sp³-hybridized carbons (Fsp3) is 0.111. The lowest BCUT2D eigenvalue weighted by Gasteiger charge is -2.20. The topological polar surface area (TPSA) is 34.1 Å². The highest BCUT2D eigenvalue weighted by Crippen LogP contribution is 2.52. The van der Waals surface area contributed by atoms with Gasteiger partial charge in [-0.3, -0.25) is 9.59 Å². The largest absolute Gasteiger partial charge is 0.288 e. The quantitative estimate of drug-likeness (QED) is 0.261. The molecule has 0 fully saturated rings. The minimum Gasteiger partial charge on any atom is -0.288 e. The van der Waals surface area contributed by atoms with Crippen LogP contribution in [0.15, 0.2) is 72.3 Å². The number of thiophene rings is 1. The van der Waals surface area contributed by atoms with Gasteiger partial charge in [0.05, 0.1) is 5.57 Å². The Kier molecular flexibility index (Phi) is 3.43. The van der Waals surface area contributed by atoms with Gasteiger partial charge in [0.25, 0.3) is 0 Å². The van der Waals surface area contributed by atoms with Crippen molar-refractivity contribution in [2.24, 2.45) is 0 Å². The van der Waals surface area contributed by atoms with Crippen LogP contribution in [0.2, 0.25) is 0 Å². The first kappa shape index (κ1) is 17.5. The molecule has 3 heteroatoms. The van der Waals surface area contributed by atoms with Crippen molar-refractivity contribution in [1.29, 1.82) is 0 Å². The number of hydrogen-bond donors (Lipinski definition) is 0. The number of allylic oxidation sites excluding steroid dienone is 1. The summed E-state index contributed by atoms with van der Waals surface area (Å²) in [6.45, 7) is 4.46. The summed E-state index contributed by atoms with van der Waals surface area (Å²) in [6.07, 6.45) is 1.79. The SMILES string of the molecule is CC1(C)c2ccccc2-c2sc(C=C3C(=O)c4cc5ccccc5cc4C3=O)cc21. The summed E-state index contributed by atoms with van der Waals surface area (Å²) in [6, 6.07) is 22.2. The van der Waals surface area contributed by atoms with E-state index in [0.717, 1.165) is 15.6 Å². The zero-order valence-electron chi connectivity index (χ0n) is 16.7. The molecule has 3 aromatic carbocycles. The average molecular weight is 407 g/mol. The Hall–Kier alpha value is -3.30. The average Bonchev–Trinajstić information content (AvgIpc) is 3.34. The molecule has 0 radical (unpaired) electrons. The Morgan fingerprint density at radius 3 is 2.00 bits per heavy atom. The fourth-order valence-electron chi connectivity index (χ4n) is 4.80. The second-order valence-corrected chi connectivity index (χ2v) is 9.61. The maximum absolute atomic E-state index is 13.1. The third-order valence-corrected chi connectivity index (χ3v) is 7.54. The van der Waals surface area contributed by atoms with Crippen LogP contribution in [-0.2, 0) is 5.41 Å². The van der Waals surface area contributed by atoms with Gasteiger partial charge in [-0.2, -0.15) is 0 Å². The van der Waals surface area contributed by atoms with E-state index in [-0.39, 0.29) is 22.6 Å². The summed E-state index contributed by atoms with van der Waals surface area (Å²) in [5.74, 6) is -0.344. The van der Waals surface area contributed by atoms with Crippen molar-refractivity contribution in [2.45, 2.75) is 19.3 Å². The number of fused-ring (bicyclic) bond motifs is 5. The van der Waals surface area contributed by atoms with Gasteiger partial charge in [0.15, 0.2) is 11.6 Å². The number of benzene rings is 3. The van der Waals surface area contributed by atoms with Crippen LogP contribution >= 0.6 is 11.3 Å². The molecule has 0 amide bonds. The van der Waals surface area contributed by atoms with Crippen LogP contribution in [0, 0.1) is 0 Å². The van der Waals surface area contributed by atoms with Crippen LogP contribution in [0.3, 0.4) is 0 Å². The van der Waals surface area contributed by atoms with Crippen molar-refractivity contribution in [3.05, 3.63) is 99.4 Å². The van der Waals surface area contributed by atoms with Crippen LogP contribution in [0.5, 0.6) is 0 Å². The van der Waals surface area contributed by atoms with Gasteiger partial charge in [-0.15, -0.1) is 11.3 Å². The van der Waals surface area contributed by atoms with E-state index in [0.29, 0.717) is 11.1 Å². The maximum atomic E-state index is 13.1. The highest BCUT2D eigenvalue weighted by Gasteiger charge is 2.38. The monoisotopic (exact) mass is 406 g/mol. The van der Waals surface area contributed by atoms with Gasteiger partial charge in [0.1, 0.15) is 0 Å². The van der Waals surface area contributed by atoms with Crippen molar-refractivity contribution in [3.63, 3.8) is 0 Å². The van der Waals surface area contributed by atoms with Crippen LogP contribution in [0.25, 0.3) is 27.3 Å². The number of Topliss-reactive ketones (excluding diaryl/α,β-unsaturated/α-hetero) is 2. The lowest BCUT2D eigenvalue weighted by Crippen LogP contribution is -2.14. The summed E-state index contributed by atoms with van der Waals surface area (Å²) in [4.78, 5) is 28.3. The summed E-state index contributed by atoms with van der Waals surface area (Å²) < 4.78 is 0. The van der Waals surface area contributed by atoms with Crippen LogP contribution < -0.4 is 0 Å². The van der Waals surface area contributed by atoms with Gasteiger partial charge < -0.3 is 0 Å².